The van der Waals surface area contributed by atoms with Crippen LogP contribution in [-0.4, -0.2) is 18.1 Å². The minimum atomic E-state index is -4.47. The summed E-state index contributed by atoms with van der Waals surface area (Å²) in [6.45, 7) is 0. The second-order valence-corrected chi connectivity index (χ2v) is 6.80. The van der Waals surface area contributed by atoms with Gasteiger partial charge < -0.3 is 5.11 Å². The highest BCUT2D eigenvalue weighted by atomic mass is 35.5. The molecular weight excluding hydrogens is 359 g/mol. The summed E-state index contributed by atoms with van der Waals surface area (Å²) in [5, 5.41) is 10.7. The Morgan fingerprint density at radius 1 is 1.00 bits per heavy atom. The lowest BCUT2D eigenvalue weighted by Gasteiger charge is -2.15. The molecule has 2 N–H and O–H groups in total. The zero-order valence-corrected chi connectivity index (χ0v) is 13.4. The minimum Gasteiger partial charge on any atom is -0.384 e. The lowest BCUT2D eigenvalue weighted by molar-refractivity contribution is 0.216. The van der Waals surface area contributed by atoms with E-state index < -0.39 is 16.2 Å². The van der Waals surface area contributed by atoms with Crippen molar-refractivity contribution in [3.05, 3.63) is 62.6 Å². The van der Waals surface area contributed by atoms with Crippen LogP contribution in [0.5, 0.6) is 0 Å². The predicted octanol–water partition coefficient (Wildman–Crippen LogP) is 3.98. The van der Waals surface area contributed by atoms with Crippen molar-refractivity contribution >= 4 is 44.9 Å². The molecule has 0 aliphatic carbocycles. The molecule has 8 heteroatoms. The number of hydrogen-bond donors (Lipinski definition) is 2. The van der Waals surface area contributed by atoms with Gasteiger partial charge >= 0.3 is 0 Å². The van der Waals surface area contributed by atoms with E-state index >= 15 is 0 Å². The van der Waals surface area contributed by atoms with Crippen molar-refractivity contribution < 1.29 is 18.1 Å². The molecular formula is C13H9Cl3O4S. The Kier molecular flexibility index (Phi) is 4.82. The van der Waals surface area contributed by atoms with Crippen molar-refractivity contribution in [2.24, 2.45) is 0 Å². The molecule has 0 saturated heterocycles. The Morgan fingerprint density at radius 2 is 1.52 bits per heavy atom. The second kappa shape index (κ2) is 6.12. The fourth-order valence-corrected chi connectivity index (χ4v) is 3.20. The van der Waals surface area contributed by atoms with Crippen LogP contribution in [0.15, 0.2) is 41.3 Å². The average Bonchev–Trinajstić information content (AvgIpc) is 2.42. The number of hydrogen-bond acceptors (Lipinski definition) is 3. The van der Waals surface area contributed by atoms with E-state index in [9.17, 15) is 18.1 Å². The molecule has 1 atom stereocenters. The molecule has 0 heterocycles. The van der Waals surface area contributed by atoms with Gasteiger partial charge in [-0.05, 0) is 23.8 Å². The SMILES string of the molecule is O=S(=O)(O)c1ccccc1C(O)c1cc(Cl)c(Cl)c(Cl)c1. The summed E-state index contributed by atoms with van der Waals surface area (Å²) >= 11 is 17.6. The van der Waals surface area contributed by atoms with E-state index in [2.05, 4.69) is 0 Å². The summed E-state index contributed by atoms with van der Waals surface area (Å²) in [5.41, 5.74) is 0.264. The van der Waals surface area contributed by atoms with E-state index in [0.29, 0.717) is 0 Å². The van der Waals surface area contributed by atoms with Gasteiger partial charge in [-0.15, -0.1) is 0 Å². The van der Waals surface area contributed by atoms with E-state index in [-0.39, 0.29) is 31.1 Å². The van der Waals surface area contributed by atoms with Crippen LogP contribution in [0.2, 0.25) is 15.1 Å². The first-order valence-electron chi connectivity index (χ1n) is 5.60. The maximum Gasteiger partial charge on any atom is 0.294 e. The molecule has 0 aliphatic rings. The molecule has 0 radical (unpaired) electrons. The highest BCUT2D eigenvalue weighted by Crippen LogP contribution is 2.36. The van der Waals surface area contributed by atoms with Crippen molar-refractivity contribution in [1.82, 2.24) is 0 Å². The average molecular weight is 368 g/mol. The molecule has 0 bridgehead atoms. The molecule has 2 aromatic rings. The van der Waals surface area contributed by atoms with Gasteiger partial charge in [-0.1, -0.05) is 53.0 Å². The van der Waals surface area contributed by atoms with Gasteiger partial charge in [0, 0.05) is 5.56 Å². The summed E-state index contributed by atoms with van der Waals surface area (Å²) in [6, 6.07) is 8.28. The zero-order chi connectivity index (χ0) is 15.8. The molecule has 21 heavy (non-hydrogen) atoms. The maximum absolute atomic E-state index is 11.3. The summed E-state index contributed by atoms with van der Waals surface area (Å²) < 4.78 is 31.9. The number of aliphatic hydroxyl groups is 1. The molecule has 0 amide bonds. The molecule has 2 aromatic carbocycles. The van der Waals surface area contributed by atoms with Crippen molar-refractivity contribution in [2.45, 2.75) is 11.0 Å². The summed E-state index contributed by atoms with van der Waals surface area (Å²) in [4.78, 5) is -0.389. The van der Waals surface area contributed by atoms with Crippen LogP contribution < -0.4 is 0 Å². The Balaban J connectivity index is 2.59. The normalized spacial score (nSPS) is 13.2. The third kappa shape index (κ3) is 3.51. The third-order valence-electron chi connectivity index (χ3n) is 2.81. The smallest absolute Gasteiger partial charge is 0.294 e. The maximum atomic E-state index is 11.3. The zero-order valence-electron chi connectivity index (χ0n) is 10.3. The van der Waals surface area contributed by atoms with Crippen LogP contribution >= 0.6 is 34.8 Å². The Morgan fingerprint density at radius 3 is 2.05 bits per heavy atom. The Bertz CT molecular complexity index is 767. The quantitative estimate of drug-likeness (QED) is 0.636. The monoisotopic (exact) mass is 366 g/mol. The van der Waals surface area contributed by atoms with Gasteiger partial charge in [0.2, 0.25) is 0 Å². The summed E-state index contributed by atoms with van der Waals surface area (Å²) in [7, 11) is -4.47. The molecule has 0 saturated carbocycles. The summed E-state index contributed by atoms with van der Waals surface area (Å²) in [6.07, 6.45) is -1.34. The van der Waals surface area contributed by atoms with Gasteiger partial charge in [-0.3, -0.25) is 4.55 Å². The van der Waals surface area contributed by atoms with E-state index in [1.165, 1.54) is 36.4 Å². The third-order valence-corrected chi connectivity index (χ3v) is 4.94. The Hall–Kier alpha value is -0.820. The summed E-state index contributed by atoms with van der Waals surface area (Å²) in [5.74, 6) is 0. The largest absolute Gasteiger partial charge is 0.384 e. The number of aliphatic hydroxyl groups excluding tert-OH is 1. The fourth-order valence-electron chi connectivity index (χ4n) is 1.85. The molecule has 2 rings (SSSR count). The highest BCUT2D eigenvalue weighted by Gasteiger charge is 2.22. The Labute approximate surface area is 136 Å². The minimum absolute atomic E-state index is 0.00876. The van der Waals surface area contributed by atoms with Crippen molar-refractivity contribution in [3.8, 4) is 0 Å². The van der Waals surface area contributed by atoms with Gasteiger partial charge in [0.25, 0.3) is 10.1 Å². The predicted molar refractivity (Wildman–Crippen MR) is 81.8 cm³/mol. The molecule has 0 spiro atoms. The lowest BCUT2D eigenvalue weighted by Crippen LogP contribution is -2.08. The van der Waals surface area contributed by atoms with Crippen LogP contribution in [0.1, 0.15) is 17.2 Å². The van der Waals surface area contributed by atoms with Crippen LogP contribution in [0, 0.1) is 0 Å². The van der Waals surface area contributed by atoms with Crippen molar-refractivity contribution in [2.75, 3.05) is 0 Å². The lowest BCUT2D eigenvalue weighted by atomic mass is 10.0. The molecule has 0 fully saturated rings. The number of benzene rings is 2. The molecule has 0 aromatic heterocycles. The van der Waals surface area contributed by atoms with Crippen molar-refractivity contribution in [3.63, 3.8) is 0 Å². The van der Waals surface area contributed by atoms with Crippen LogP contribution in [0.3, 0.4) is 0 Å². The van der Waals surface area contributed by atoms with Crippen LogP contribution in [-0.2, 0) is 10.1 Å². The molecule has 4 nitrogen and oxygen atoms in total. The molecule has 112 valence electrons. The first-order chi connectivity index (χ1) is 9.71. The first kappa shape index (κ1) is 16.5. The highest BCUT2D eigenvalue weighted by molar-refractivity contribution is 7.85. The van der Waals surface area contributed by atoms with E-state index in [4.69, 9.17) is 34.8 Å². The van der Waals surface area contributed by atoms with Gasteiger partial charge in [0.15, 0.2) is 0 Å². The molecule has 0 aliphatic heterocycles. The van der Waals surface area contributed by atoms with E-state index in [1.807, 2.05) is 0 Å². The van der Waals surface area contributed by atoms with Gasteiger partial charge in [0.05, 0.1) is 20.0 Å². The van der Waals surface area contributed by atoms with E-state index in [0.717, 1.165) is 0 Å². The van der Waals surface area contributed by atoms with Gasteiger partial charge in [-0.25, -0.2) is 0 Å². The van der Waals surface area contributed by atoms with Crippen LogP contribution in [0.4, 0.5) is 0 Å². The first-order valence-corrected chi connectivity index (χ1v) is 8.18. The van der Waals surface area contributed by atoms with Crippen LogP contribution in [0.25, 0.3) is 0 Å². The van der Waals surface area contributed by atoms with Gasteiger partial charge in [0.1, 0.15) is 6.10 Å². The van der Waals surface area contributed by atoms with Crippen molar-refractivity contribution in [1.29, 1.82) is 0 Å². The van der Waals surface area contributed by atoms with E-state index in [1.54, 1.807) is 0 Å². The standard InChI is InChI=1S/C13H9Cl3O4S/c14-9-5-7(6-10(15)12(9)16)13(17)8-3-1-2-4-11(8)21(18,19)20/h1-6,13,17H,(H,18,19,20). The number of rotatable bonds is 3. The molecule has 1 unspecified atom stereocenters. The fraction of sp³-hybridized carbons (Fsp3) is 0.0769. The second-order valence-electron chi connectivity index (χ2n) is 4.21. The topological polar surface area (TPSA) is 74.6 Å². The van der Waals surface area contributed by atoms with Gasteiger partial charge in [-0.2, -0.15) is 8.42 Å². The number of halogens is 3.